The average molecular weight is 316 g/mol. The number of ether oxygens (including phenoxy) is 2. The Hall–Kier alpha value is -1.85. The lowest BCUT2D eigenvalue weighted by molar-refractivity contribution is 0.00840. The number of hydrogen-bond acceptors (Lipinski definition) is 5. The second kappa shape index (κ2) is 7.62. The SMILES string of the molecule is Cc1ccc(C(=O)C=C(N2CCOCC2)N2CCOCC2)cc1. The summed E-state index contributed by atoms with van der Waals surface area (Å²) >= 11 is 0. The highest BCUT2D eigenvalue weighted by Gasteiger charge is 2.22. The third-order valence-electron chi connectivity index (χ3n) is 4.27. The smallest absolute Gasteiger partial charge is 0.189 e. The van der Waals surface area contributed by atoms with Crippen molar-refractivity contribution in [3.8, 4) is 0 Å². The first-order valence-electron chi connectivity index (χ1n) is 8.22. The number of rotatable bonds is 4. The van der Waals surface area contributed by atoms with Crippen LogP contribution >= 0.6 is 0 Å². The summed E-state index contributed by atoms with van der Waals surface area (Å²) in [5.41, 5.74) is 1.89. The van der Waals surface area contributed by atoms with Gasteiger partial charge in [0.05, 0.1) is 26.4 Å². The summed E-state index contributed by atoms with van der Waals surface area (Å²) in [6.45, 7) is 8.15. The van der Waals surface area contributed by atoms with Gasteiger partial charge >= 0.3 is 0 Å². The summed E-state index contributed by atoms with van der Waals surface area (Å²) < 4.78 is 10.9. The van der Waals surface area contributed by atoms with Gasteiger partial charge in [0.1, 0.15) is 5.82 Å². The van der Waals surface area contributed by atoms with E-state index in [0.29, 0.717) is 26.4 Å². The van der Waals surface area contributed by atoms with E-state index in [-0.39, 0.29) is 5.78 Å². The standard InChI is InChI=1S/C18H24N2O3/c1-15-2-4-16(5-3-15)17(21)14-18(19-6-10-22-11-7-19)20-8-12-23-13-9-20/h2-5,14H,6-13H2,1H3. The van der Waals surface area contributed by atoms with E-state index in [1.807, 2.05) is 31.2 Å². The summed E-state index contributed by atoms with van der Waals surface area (Å²) in [6.07, 6.45) is 1.78. The highest BCUT2D eigenvalue weighted by molar-refractivity contribution is 6.04. The minimum Gasteiger partial charge on any atom is -0.378 e. The lowest BCUT2D eigenvalue weighted by atomic mass is 10.1. The number of morpholine rings is 2. The van der Waals surface area contributed by atoms with Gasteiger partial charge in [-0.3, -0.25) is 4.79 Å². The molecule has 0 radical (unpaired) electrons. The predicted octanol–water partition coefficient (Wildman–Crippen LogP) is 1.68. The fourth-order valence-electron chi connectivity index (χ4n) is 2.89. The van der Waals surface area contributed by atoms with Crippen molar-refractivity contribution in [1.29, 1.82) is 0 Å². The van der Waals surface area contributed by atoms with Crippen molar-refractivity contribution >= 4 is 5.78 Å². The molecule has 0 aliphatic carbocycles. The van der Waals surface area contributed by atoms with Crippen LogP contribution in [0.4, 0.5) is 0 Å². The van der Waals surface area contributed by atoms with Crippen LogP contribution in [0.1, 0.15) is 15.9 Å². The van der Waals surface area contributed by atoms with Gasteiger partial charge in [0.25, 0.3) is 0 Å². The van der Waals surface area contributed by atoms with E-state index in [9.17, 15) is 4.79 Å². The zero-order valence-electron chi connectivity index (χ0n) is 13.7. The molecule has 124 valence electrons. The number of carbonyl (C=O) groups is 1. The van der Waals surface area contributed by atoms with Gasteiger partial charge in [-0.25, -0.2) is 0 Å². The fraction of sp³-hybridized carbons (Fsp3) is 0.500. The first-order valence-corrected chi connectivity index (χ1v) is 8.22. The molecule has 2 aliphatic rings. The van der Waals surface area contributed by atoms with Gasteiger partial charge < -0.3 is 19.3 Å². The molecular formula is C18H24N2O3. The largest absolute Gasteiger partial charge is 0.378 e. The number of aryl methyl sites for hydroxylation is 1. The number of hydrogen-bond donors (Lipinski definition) is 0. The Bertz CT molecular complexity index is 536. The average Bonchev–Trinajstić information content (AvgIpc) is 2.61. The number of nitrogens with zero attached hydrogens (tertiary/aromatic N) is 2. The van der Waals surface area contributed by atoms with Crippen molar-refractivity contribution in [2.24, 2.45) is 0 Å². The highest BCUT2D eigenvalue weighted by Crippen LogP contribution is 2.17. The van der Waals surface area contributed by atoms with Crippen LogP contribution in [0, 0.1) is 6.92 Å². The van der Waals surface area contributed by atoms with Crippen LogP contribution in [0.5, 0.6) is 0 Å². The molecule has 23 heavy (non-hydrogen) atoms. The molecule has 2 saturated heterocycles. The molecule has 0 N–H and O–H groups in total. The zero-order valence-corrected chi connectivity index (χ0v) is 13.7. The maximum absolute atomic E-state index is 12.7. The molecule has 0 bridgehead atoms. The van der Waals surface area contributed by atoms with E-state index in [2.05, 4.69) is 9.80 Å². The minimum absolute atomic E-state index is 0.0537. The number of carbonyl (C=O) groups excluding carboxylic acids is 1. The van der Waals surface area contributed by atoms with E-state index in [1.165, 1.54) is 0 Å². The molecular weight excluding hydrogens is 292 g/mol. The van der Waals surface area contributed by atoms with Crippen molar-refractivity contribution in [3.63, 3.8) is 0 Å². The lowest BCUT2D eigenvalue weighted by Crippen LogP contribution is -2.46. The molecule has 5 nitrogen and oxygen atoms in total. The molecule has 2 fully saturated rings. The molecule has 5 heteroatoms. The second-order valence-corrected chi connectivity index (χ2v) is 5.93. The van der Waals surface area contributed by atoms with Gasteiger partial charge in [0.15, 0.2) is 5.78 Å². The highest BCUT2D eigenvalue weighted by atomic mass is 16.5. The van der Waals surface area contributed by atoms with E-state index >= 15 is 0 Å². The monoisotopic (exact) mass is 316 g/mol. The van der Waals surface area contributed by atoms with E-state index in [1.54, 1.807) is 6.08 Å². The number of ketones is 1. The van der Waals surface area contributed by atoms with Gasteiger partial charge in [-0.15, -0.1) is 0 Å². The Kier molecular flexibility index (Phi) is 5.31. The van der Waals surface area contributed by atoms with Gasteiger partial charge in [-0.1, -0.05) is 29.8 Å². The van der Waals surface area contributed by atoms with E-state index in [0.717, 1.165) is 43.1 Å². The molecule has 1 aromatic carbocycles. The third kappa shape index (κ3) is 4.12. The van der Waals surface area contributed by atoms with Crippen LogP contribution in [0.25, 0.3) is 0 Å². The van der Waals surface area contributed by atoms with Crippen molar-refractivity contribution in [2.45, 2.75) is 6.92 Å². The summed E-state index contributed by atoms with van der Waals surface area (Å²) in [4.78, 5) is 17.2. The zero-order chi connectivity index (χ0) is 16.1. The maximum atomic E-state index is 12.7. The molecule has 0 aromatic heterocycles. The molecule has 0 unspecified atom stereocenters. The van der Waals surface area contributed by atoms with Crippen LogP contribution in [-0.4, -0.2) is 68.2 Å². The quantitative estimate of drug-likeness (QED) is 0.624. The lowest BCUT2D eigenvalue weighted by Gasteiger charge is -2.39. The van der Waals surface area contributed by atoms with E-state index < -0.39 is 0 Å². The Morgan fingerprint density at radius 1 is 0.913 bits per heavy atom. The number of allylic oxidation sites excluding steroid dienone is 1. The summed E-state index contributed by atoms with van der Waals surface area (Å²) in [7, 11) is 0. The van der Waals surface area contributed by atoms with Crippen LogP contribution < -0.4 is 0 Å². The third-order valence-corrected chi connectivity index (χ3v) is 4.27. The molecule has 3 rings (SSSR count). The second-order valence-electron chi connectivity index (χ2n) is 5.93. The Labute approximate surface area is 137 Å². The van der Waals surface area contributed by atoms with Crippen LogP contribution in [-0.2, 0) is 9.47 Å². The summed E-state index contributed by atoms with van der Waals surface area (Å²) in [6, 6.07) is 7.74. The molecule has 2 aliphatic heterocycles. The van der Waals surface area contributed by atoms with Crippen molar-refractivity contribution < 1.29 is 14.3 Å². The van der Waals surface area contributed by atoms with Crippen LogP contribution in [0.3, 0.4) is 0 Å². The van der Waals surface area contributed by atoms with Gasteiger partial charge in [-0.05, 0) is 6.92 Å². The molecule has 0 amide bonds. The topological polar surface area (TPSA) is 42.0 Å². The Morgan fingerprint density at radius 3 is 1.87 bits per heavy atom. The van der Waals surface area contributed by atoms with Gasteiger partial charge in [0, 0.05) is 37.8 Å². The number of benzene rings is 1. The first-order chi connectivity index (χ1) is 11.2. The molecule has 2 heterocycles. The Morgan fingerprint density at radius 2 is 1.39 bits per heavy atom. The fourth-order valence-corrected chi connectivity index (χ4v) is 2.89. The van der Waals surface area contributed by atoms with Gasteiger partial charge in [0.2, 0.25) is 0 Å². The van der Waals surface area contributed by atoms with Crippen LogP contribution in [0.2, 0.25) is 0 Å². The molecule has 1 aromatic rings. The van der Waals surface area contributed by atoms with E-state index in [4.69, 9.17) is 9.47 Å². The summed E-state index contributed by atoms with van der Waals surface area (Å²) in [5.74, 6) is 1.06. The molecule has 0 atom stereocenters. The van der Waals surface area contributed by atoms with Crippen molar-refractivity contribution in [2.75, 3.05) is 52.6 Å². The van der Waals surface area contributed by atoms with Gasteiger partial charge in [-0.2, -0.15) is 0 Å². The first kappa shape index (κ1) is 16.0. The summed E-state index contributed by atoms with van der Waals surface area (Å²) in [5, 5.41) is 0. The maximum Gasteiger partial charge on any atom is 0.189 e. The molecule has 0 spiro atoms. The Balaban J connectivity index is 1.83. The predicted molar refractivity (Wildman–Crippen MR) is 88.4 cm³/mol. The van der Waals surface area contributed by atoms with Crippen LogP contribution in [0.15, 0.2) is 36.2 Å². The minimum atomic E-state index is 0.0537. The van der Waals surface area contributed by atoms with Crippen molar-refractivity contribution in [1.82, 2.24) is 9.80 Å². The molecule has 0 saturated carbocycles. The van der Waals surface area contributed by atoms with Crippen molar-refractivity contribution in [3.05, 3.63) is 47.3 Å². The normalized spacial score (nSPS) is 18.7.